The third kappa shape index (κ3) is 4.66. The van der Waals surface area contributed by atoms with E-state index in [1.807, 2.05) is 60.4 Å². The lowest BCUT2D eigenvalue weighted by Crippen LogP contribution is -2.49. The zero-order valence-corrected chi connectivity index (χ0v) is 16.6. The number of aryl methyl sites for hydroxylation is 1. The number of aromatic amines is 1. The number of para-hydroxylation sites is 1. The second-order valence-corrected chi connectivity index (χ2v) is 7.46. The van der Waals surface area contributed by atoms with Gasteiger partial charge in [-0.1, -0.05) is 29.8 Å². The van der Waals surface area contributed by atoms with Crippen LogP contribution in [0.25, 0.3) is 10.9 Å². The van der Waals surface area contributed by atoms with Gasteiger partial charge in [0.1, 0.15) is 5.75 Å². The molecule has 3 aromatic rings. The van der Waals surface area contributed by atoms with Crippen molar-refractivity contribution >= 4 is 16.8 Å². The van der Waals surface area contributed by atoms with Crippen LogP contribution in [0.1, 0.15) is 11.3 Å². The van der Waals surface area contributed by atoms with Gasteiger partial charge in [0.25, 0.3) is 5.91 Å². The summed E-state index contributed by atoms with van der Waals surface area (Å²) < 4.78 is 5.61. The molecule has 0 saturated carbocycles. The van der Waals surface area contributed by atoms with Gasteiger partial charge in [0.15, 0.2) is 12.0 Å². The SMILES string of the molecule is Cc1ccc(OCC(=O)N2CCN(Cc3cc(=O)c4ccccc4[nH]3)CC2)cc1. The number of nitrogens with one attached hydrogen (secondary N) is 1. The van der Waals surface area contributed by atoms with Gasteiger partial charge in [-0.3, -0.25) is 14.5 Å². The Kier molecular flexibility index (Phi) is 5.62. The summed E-state index contributed by atoms with van der Waals surface area (Å²) in [4.78, 5) is 32.2. The van der Waals surface area contributed by atoms with E-state index in [4.69, 9.17) is 4.74 Å². The minimum absolute atomic E-state index is 0.00402. The molecule has 150 valence electrons. The monoisotopic (exact) mass is 391 g/mol. The van der Waals surface area contributed by atoms with Crippen molar-refractivity contribution in [2.75, 3.05) is 32.8 Å². The summed E-state index contributed by atoms with van der Waals surface area (Å²) in [5.41, 5.74) is 2.96. The van der Waals surface area contributed by atoms with Gasteiger partial charge in [0.2, 0.25) is 0 Å². The van der Waals surface area contributed by atoms with E-state index < -0.39 is 0 Å². The summed E-state index contributed by atoms with van der Waals surface area (Å²) in [6.45, 7) is 5.60. The molecule has 0 spiro atoms. The normalized spacial score (nSPS) is 14.9. The fourth-order valence-corrected chi connectivity index (χ4v) is 3.60. The number of amides is 1. The first-order valence-corrected chi connectivity index (χ1v) is 9.89. The molecule has 1 amide bonds. The van der Waals surface area contributed by atoms with Gasteiger partial charge in [-0.15, -0.1) is 0 Å². The maximum atomic E-state index is 12.4. The van der Waals surface area contributed by atoms with E-state index >= 15 is 0 Å². The molecule has 0 radical (unpaired) electrons. The van der Waals surface area contributed by atoms with Crippen LogP contribution in [0, 0.1) is 6.92 Å². The number of piperazine rings is 1. The van der Waals surface area contributed by atoms with Gasteiger partial charge < -0.3 is 14.6 Å². The topological polar surface area (TPSA) is 65.6 Å². The first kappa shape index (κ1) is 19.2. The molecule has 1 saturated heterocycles. The van der Waals surface area contributed by atoms with Crippen molar-refractivity contribution in [3.8, 4) is 5.75 Å². The molecule has 1 N–H and O–H groups in total. The lowest BCUT2D eigenvalue weighted by atomic mass is 10.2. The molecule has 0 atom stereocenters. The molecule has 0 bridgehead atoms. The van der Waals surface area contributed by atoms with Crippen LogP contribution >= 0.6 is 0 Å². The van der Waals surface area contributed by atoms with Crippen molar-refractivity contribution < 1.29 is 9.53 Å². The van der Waals surface area contributed by atoms with E-state index in [9.17, 15) is 9.59 Å². The van der Waals surface area contributed by atoms with Crippen LogP contribution < -0.4 is 10.2 Å². The van der Waals surface area contributed by atoms with Crippen LogP contribution in [0.4, 0.5) is 0 Å². The number of carbonyl (C=O) groups is 1. The fraction of sp³-hybridized carbons (Fsp3) is 0.304. The van der Waals surface area contributed by atoms with Crippen LogP contribution in [0.2, 0.25) is 0 Å². The van der Waals surface area contributed by atoms with Gasteiger partial charge in [0, 0.05) is 55.4 Å². The van der Waals surface area contributed by atoms with Gasteiger partial charge >= 0.3 is 0 Å². The largest absolute Gasteiger partial charge is 0.484 e. The van der Waals surface area contributed by atoms with Crippen LogP contribution in [0.15, 0.2) is 59.4 Å². The highest BCUT2D eigenvalue weighted by Gasteiger charge is 2.21. The summed E-state index contributed by atoms with van der Waals surface area (Å²) in [6, 6.07) is 16.9. The molecule has 1 aliphatic rings. The summed E-state index contributed by atoms with van der Waals surface area (Å²) in [5, 5.41) is 0.709. The summed E-state index contributed by atoms with van der Waals surface area (Å²) >= 11 is 0. The average molecular weight is 391 g/mol. The minimum atomic E-state index is 0.00402. The number of benzene rings is 2. The Morgan fingerprint density at radius 2 is 1.76 bits per heavy atom. The molecule has 0 unspecified atom stereocenters. The Morgan fingerprint density at radius 3 is 2.52 bits per heavy atom. The van der Waals surface area contributed by atoms with Gasteiger partial charge in [-0.25, -0.2) is 0 Å². The van der Waals surface area contributed by atoms with E-state index in [1.165, 1.54) is 0 Å². The predicted molar refractivity (Wildman–Crippen MR) is 113 cm³/mol. The number of fused-ring (bicyclic) bond motifs is 1. The molecule has 6 heteroatoms. The number of aromatic nitrogens is 1. The molecule has 2 heterocycles. The van der Waals surface area contributed by atoms with Crippen LogP contribution in [-0.2, 0) is 11.3 Å². The van der Waals surface area contributed by atoms with E-state index in [0.29, 0.717) is 30.8 Å². The highest BCUT2D eigenvalue weighted by molar-refractivity contribution is 5.78. The number of nitrogens with zero attached hydrogens (tertiary/aromatic N) is 2. The van der Waals surface area contributed by atoms with Gasteiger partial charge in [0.05, 0.1) is 0 Å². The van der Waals surface area contributed by atoms with Crippen LogP contribution in [0.3, 0.4) is 0 Å². The van der Waals surface area contributed by atoms with E-state index in [1.54, 1.807) is 6.07 Å². The lowest BCUT2D eigenvalue weighted by molar-refractivity contribution is -0.135. The Hall–Kier alpha value is -3.12. The standard InChI is InChI=1S/C23H25N3O3/c1-17-6-8-19(9-7-17)29-16-23(28)26-12-10-25(11-13-26)15-18-14-22(27)20-4-2-3-5-21(20)24-18/h2-9,14H,10-13,15-16H2,1H3,(H,24,27). The van der Waals surface area contributed by atoms with E-state index in [0.717, 1.165) is 29.9 Å². The Bertz CT molecular complexity index is 1050. The molecule has 4 rings (SSSR count). The smallest absolute Gasteiger partial charge is 0.260 e. The van der Waals surface area contributed by atoms with Crippen molar-refractivity contribution in [2.24, 2.45) is 0 Å². The molecule has 2 aromatic carbocycles. The first-order valence-electron chi connectivity index (χ1n) is 9.89. The number of hydrogen-bond donors (Lipinski definition) is 1. The number of H-pyrrole nitrogens is 1. The highest BCUT2D eigenvalue weighted by atomic mass is 16.5. The van der Waals surface area contributed by atoms with Crippen molar-refractivity contribution in [3.63, 3.8) is 0 Å². The molecular formula is C23H25N3O3. The summed E-state index contributed by atoms with van der Waals surface area (Å²) in [5.74, 6) is 0.715. The second kappa shape index (κ2) is 8.49. The van der Waals surface area contributed by atoms with Gasteiger partial charge in [-0.2, -0.15) is 0 Å². The van der Waals surface area contributed by atoms with Crippen LogP contribution in [0.5, 0.6) is 5.75 Å². The first-order chi connectivity index (χ1) is 14.1. The van der Waals surface area contributed by atoms with Crippen molar-refractivity contribution in [3.05, 3.63) is 76.1 Å². The average Bonchev–Trinajstić information content (AvgIpc) is 2.74. The van der Waals surface area contributed by atoms with E-state index in [2.05, 4.69) is 9.88 Å². The molecule has 1 fully saturated rings. The molecule has 29 heavy (non-hydrogen) atoms. The number of rotatable bonds is 5. The maximum Gasteiger partial charge on any atom is 0.260 e. The maximum absolute atomic E-state index is 12.4. The van der Waals surface area contributed by atoms with Crippen molar-refractivity contribution in [2.45, 2.75) is 13.5 Å². The quantitative estimate of drug-likeness (QED) is 0.726. The molecule has 0 aliphatic carbocycles. The number of ether oxygens (including phenoxy) is 1. The fourth-order valence-electron chi connectivity index (χ4n) is 3.60. The summed E-state index contributed by atoms with van der Waals surface area (Å²) in [7, 11) is 0. The zero-order chi connectivity index (χ0) is 20.2. The molecule has 6 nitrogen and oxygen atoms in total. The van der Waals surface area contributed by atoms with E-state index in [-0.39, 0.29) is 17.9 Å². The number of pyridine rings is 1. The number of hydrogen-bond acceptors (Lipinski definition) is 4. The highest BCUT2D eigenvalue weighted by Crippen LogP contribution is 2.13. The predicted octanol–water partition coefficient (Wildman–Crippen LogP) is 2.56. The Labute approximate surface area is 169 Å². The molecule has 1 aromatic heterocycles. The zero-order valence-electron chi connectivity index (χ0n) is 16.6. The second-order valence-electron chi connectivity index (χ2n) is 7.46. The lowest BCUT2D eigenvalue weighted by Gasteiger charge is -2.34. The summed E-state index contributed by atoms with van der Waals surface area (Å²) in [6.07, 6.45) is 0. The minimum Gasteiger partial charge on any atom is -0.484 e. The Balaban J connectivity index is 1.29. The molecule has 1 aliphatic heterocycles. The number of carbonyl (C=O) groups excluding carboxylic acids is 1. The third-order valence-electron chi connectivity index (χ3n) is 5.30. The van der Waals surface area contributed by atoms with Crippen molar-refractivity contribution in [1.29, 1.82) is 0 Å². The Morgan fingerprint density at radius 1 is 1.03 bits per heavy atom. The van der Waals surface area contributed by atoms with Gasteiger partial charge in [-0.05, 0) is 31.2 Å². The molecular weight excluding hydrogens is 366 g/mol. The van der Waals surface area contributed by atoms with Crippen LogP contribution in [-0.4, -0.2) is 53.5 Å². The van der Waals surface area contributed by atoms with Crippen molar-refractivity contribution in [1.82, 2.24) is 14.8 Å². The third-order valence-corrected chi connectivity index (χ3v) is 5.30.